The first-order valence-electron chi connectivity index (χ1n) is 11.5. The zero-order chi connectivity index (χ0) is 20.6. The molecule has 0 spiro atoms. The second-order valence-electron chi connectivity index (χ2n) is 9.21. The van der Waals surface area contributed by atoms with E-state index in [4.69, 9.17) is 0 Å². The lowest BCUT2D eigenvalue weighted by Gasteiger charge is -2.23. The van der Waals surface area contributed by atoms with Crippen LogP contribution in [0.1, 0.15) is 36.8 Å². The summed E-state index contributed by atoms with van der Waals surface area (Å²) < 4.78 is 28.0. The molecule has 2 heterocycles. The van der Waals surface area contributed by atoms with Gasteiger partial charge in [0.15, 0.2) is 0 Å². The summed E-state index contributed by atoms with van der Waals surface area (Å²) in [5.41, 5.74) is 4.02. The molecule has 4 nitrogen and oxygen atoms in total. The van der Waals surface area contributed by atoms with E-state index in [-0.39, 0.29) is 0 Å². The highest BCUT2D eigenvalue weighted by atomic mass is 32.2. The Hall–Kier alpha value is -1.69. The van der Waals surface area contributed by atoms with Gasteiger partial charge in [0.1, 0.15) is 0 Å². The summed E-state index contributed by atoms with van der Waals surface area (Å²) >= 11 is 0. The molecular weight excluding hydrogens is 392 g/mol. The van der Waals surface area contributed by atoms with Crippen LogP contribution in [0.15, 0.2) is 54.6 Å². The van der Waals surface area contributed by atoms with Crippen molar-refractivity contribution in [3.8, 4) is 0 Å². The zero-order valence-electron chi connectivity index (χ0n) is 17.6. The van der Waals surface area contributed by atoms with Crippen LogP contribution in [0.4, 0.5) is 0 Å². The number of likely N-dealkylation sites (tertiary alicyclic amines) is 1. The standard InChI is InChI=1S/C25H32N2O2S/c28-30(29,23-6-2-1-3-7-23)27-18-22-12-13-24(25(22)19-27)21-10-8-20(9-11-21)14-17-26-15-4-5-16-26/h1-3,6,8-11,13,22-23,25H,4-5,7,12,14-19H2/t22-,23?,25+/m1/s1. The lowest BCUT2D eigenvalue weighted by molar-refractivity contribution is 0.343. The molecule has 2 aliphatic heterocycles. The molecule has 1 aromatic carbocycles. The van der Waals surface area contributed by atoms with E-state index in [9.17, 15) is 8.42 Å². The monoisotopic (exact) mass is 424 g/mol. The minimum Gasteiger partial charge on any atom is -0.303 e. The molecule has 2 aliphatic carbocycles. The summed E-state index contributed by atoms with van der Waals surface area (Å²) in [4.78, 5) is 2.56. The molecule has 5 heteroatoms. The smallest absolute Gasteiger partial charge is 0.220 e. The van der Waals surface area contributed by atoms with Gasteiger partial charge in [-0.3, -0.25) is 0 Å². The molecule has 0 radical (unpaired) electrons. The van der Waals surface area contributed by atoms with Crippen molar-refractivity contribution in [1.82, 2.24) is 9.21 Å². The summed E-state index contributed by atoms with van der Waals surface area (Å²) in [5, 5.41) is -0.399. The fourth-order valence-electron chi connectivity index (χ4n) is 5.52. The first-order valence-corrected chi connectivity index (χ1v) is 13.0. The number of nitrogens with zero attached hydrogens (tertiary/aromatic N) is 2. The number of rotatable bonds is 6. The summed E-state index contributed by atoms with van der Waals surface area (Å²) in [6.07, 6.45) is 15.3. The molecule has 0 aromatic heterocycles. The average Bonchev–Trinajstić information content (AvgIpc) is 3.51. The van der Waals surface area contributed by atoms with Gasteiger partial charge in [-0.15, -0.1) is 0 Å². The topological polar surface area (TPSA) is 40.6 Å². The van der Waals surface area contributed by atoms with Crippen molar-refractivity contribution in [2.45, 2.75) is 37.4 Å². The van der Waals surface area contributed by atoms with Gasteiger partial charge in [0.05, 0.1) is 5.25 Å². The molecule has 0 amide bonds. The van der Waals surface area contributed by atoms with Crippen LogP contribution >= 0.6 is 0 Å². The van der Waals surface area contributed by atoms with Crippen molar-refractivity contribution in [3.63, 3.8) is 0 Å². The summed E-state index contributed by atoms with van der Waals surface area (Å²) in [7, 11) is -3.27. The molecule has 5 rings (SSSR count). The van der Waals surface area contributed by atoms with Gasteiger partial charge in [-0.1, -0.05) is 54.6 Å². The van der Waals surface area contributed by atoms with E-state index in [1.54, 1.807) is 4.31 Å². The molecule has 2 fully saturated rings. The molecular formula is C25H32N2O2S. The van der Waals surface area contributed by atoms with Crippen molar-refractivity contribution in [1.29, 1.82) is 0 Å². The van der Waals surface area contributed by atoms with Gasteiger partial charge in [0.2, 0.25) is 10.0 Å². The van der Waals surface area contributed by atoms with Gasteiger partial charge < -0.3 is 4.90 Å². The van der Waals surface area contributed by atoms with E-state index in [2.05, 4.69) is 35.2 Å². The Balaban J connectivity index is 1.23. The second kappa shape index (κ2) is 8.45. The minimum absolute atomic E-state index is 0.332. The van der Waals surface area contributed by atoms with Gasteiger partial charge in [-0.2, -0.15) is 0 Å². The maximum absolute atomic E-state index is 13.1. The van der Waals surface area contributed by atoms with Gasteiger partial charge in [-0.25, -0.2) is 12.7 Å². The molecule has 0 N–H and O–H groups in total. The summed E-state index contributed by atoms with van der Waals surface area (Å²) in [6.45, 7) is 4.95. The van der Waals surface area contributed by atoms with Crippen molar-refractivity contribution < 1.29 is 8.42 Å². The predicted octanol–water partition coefficient (Wildman–Crippen LogP) is 3.87. The van der Waals surface area contributed by atoms with Crippen LogP contribution in [0, 0.1) is 11.8 Å². The maximum Gasteiger partial charge on any atom is 0.220 e. The Morgan fingerprint density at radius 1 is 0.967 bits per heavy atom. The average molecular weight is 425 g/mol. The van der Waals surface area contributed by atoms with E-state index in [1.807, 2.05) is 24.3 Å². The molecule has 1 aromatic rings. The lowest BCUT2D eigenvalue weighted by atomic mass is 9.90. The number of hydrogen-bond acceptors (Lipinski definition) is 3. The number of fused-ring (bicyclic) bond motifs is 1. The molecule has 2 saturated heterocycles. The lowest BCUT2D eigenvalue weighted by Crippen LogP contribution is -2.37. The largest absolute Gasteiger partial charge is 0.303 e. The van der Waals surface area contributed by atoms with Crippen molar-refractivity contribution in [3.05, 3.63) is 65.8 Å². The van der Waals surface area contributed by atoms with Crippen LogP contribution < -0.4 is 0 Å². The van der Waals surface area contributed by atoms with Crippen molar-refractivity contribution in [2.75, 3.05) is 32.7 Å². The third-order valence-electron chi connectivity index (χ3n) is 7.33. The predicted molar refractivity (Wildman–Crippen MR) is 123 cm³/mol. The highest BCUT2D eigenvalue weighted by Gasteiger charge is 2.44. The van der Waals surface area contributed by atoms with Crippen molar-refractivity contribution in [2.24, 2.45) is 11.8 Å². The Morgan fingerprint density at radius 2 is 1.77 bits per heavy atom. The quantitative estimate of drug-likeness (QED) is 0.696. The van der Waals surface area contributed by atoms with E-state index < -0.39 is 15.3 Å². The number of allylic oxidation sites excluding steroid dienone is 4. The van der Waals surface area contributed by atoms with Gasteiger partial charge in [-0.05, 0) is 67.8 Å². The van der Waals surface area contributed by atoms with E-state index >= 15 is 0 Å². The fraction of sp³-hybridized carbons (Fsp3) is 0.520. The Kier molecular flexibility index (Phi) is 5.69. The van der Waals surface area contributed by atoms with Crippen molar-refractivity contribution >= 4 is 15.6 Å². The maximum atomic E-state index is 13.1. The minimum atomic E-state index is -3.27. The first-order chi connectivity index (χ1) is 14.6. The molecule has 0 bridgehead atoms. The summed E-state index contributed by atoms with van der Waals surface area (Å²) in [6, 6.07) is 9.03. The number of hydrogen-bond donors (Lipinski definition) is 0. The SMILES string of the molecule is O=S(=O)(C1C=CC=CC1)N1C[C@H]2CC=C(c3ccc(CCN4CCCC4)cc3)[C@H]2C1. The number of benzene rings is 1. The van der Waals surface area contributed by atoms with Crippen LogP contribution in [0.3, 0.4) is 0 Å². The third kappa shape index (κ3) is 3.95. The van der Waals surface area contributed by atoms with Gasteiger partial charge in [0, 0.05) is 25.6 Å². The Morgan fingerprint density at radius 3 is 2.50 bits per heavy atom. The van der Waals surface area contributed by atoms with E-state index in [0.717, 1.165) is 19.4 Å². The molecule has 30 heavy (non-hydrogen) atoms. The molecule has 1 unspecified atom stereocenters. The van der Waals surface area contributed by atoms with Crippen LogP contribution in [0.5, 0.6) is 0 Å². The summed E-state index contributed by atoms with van der Waals surface area (Å²) in [5.74, 6) is 0.756. The second-order valence-corrected chi connectivity index (χ2v) is 11.4. The Labute approximate surface area is 181 Å². The van der Waals surface area contributed by atoms with E-state index in [0.29, 0.717) is 31.3 Å². The fourth-order valence-corrected chi connectivity index (χ4v) is 7.31. The van der Waals surface area contributed by atoms with Gasteiger partial charge >= 0.3 is 0 Å². The number of sulfonamides is 1. The highest BCUT2D eigenvalue weighted by Crippen LogP contribution is 2.44. The van der Waals surface area contributed by atoms with Gasteiger partial charge in [0.25, 0.3) is 0 Å². The van der Waals surface area contributed by atoms with Crippen LogP contribution in [0.25, 0.3) is 5.57 Å². The van der Waals surface area contributed by atoms with Crippen LogP contribution in [-0.2, 0) is 16.4 Å². The molecule has 3 atom stereocenters. The highest BCUT2D eigenvalue weighted by molar-refractivity contribution is 7.89. The van der Waals surface area contributed by atoms with Crippen LogP contribution in [0.2, 0.25) is 0 Å². The normalized spacial score (nSPS) is 29.5. The molecule has 4 aliphatic rings. The molecule has 160 valence electrons. The Bertz CT molecular complexity index is 955. The molecule has 0 saturated carbocycles. The third-order valence-corrected chi connectivity index (χ3v) is 9.47. The van der Waals surface area contributed by atoms with E-state index in [1.165, 1.54) is 42.6 Å². The van der Waals surface area contributed by atoms with Crippen LogP contribution in [-0.4, -0.2) is 55.6 Å². The zero-order valence-corrected chi connectivity index (χ0v) is 18.4. The first kappa shape index (κ1) is 20.2.